The molecule has 5 nitrogen and oxygen atoms in total. The number of amides is 1. The number of likely N-dealkylation sites (tertiary alicyclic amines) is 1. The molecule has 124 valence electrons. The molecule has 0 bridgehead atoms. The highest BCUT2D eigenvalue weighted by atomic mass is 16.6. The van der Waals surface area contributed by atoms with E-state index in [9.17, 15) is 4.79 Å². The largest absolute Gasteiger partial charge is 0.468 e. The van der Waals surface area contributed by atoms with E-state index in [1.165, 1.54) is 0 Å². The van der Waals surface area contributed by atoms with Gasteiger partial charge in [0.2, 0.25) is 0 Å². The Labute approximate surface area is 133 Å². The highest BCUT2D eigenvalue weighted by Crippen LogP contribution is 2.24. The first-order valence-electron chi connectivity index (χ1n) is 7.98. The Morgan fingerprint density at radius 2 is 2.27 bits per heavy atom. The van der Waals surface area contributed by atoms with Gasteiger partial charge in [0.25, 0.3) is 0 Å². The minimum Gasteiger partial charge on any atom is -0.468 e. The summed E-state index contributed by atoms with van der Waals surface area (Å²) in [5, 5.41) is 0. The van der Waals surface area contributed by atoms with E-state index in [1.807, 2.05) is 37.8 Å². The van der Waals surface area contributed by atoms with Crippen LogP contribution < -0.4 is 0 Å². The highest BCUT2D eigenvalue weighted by molar-refractivity contribution is 5.68. The third kappa shape index (κ3) is 4.50. The molecule has 1 fully saturated rings. The van der Waals surface area contributed by atoms with Gasteiger partial charge in [-0.05, 0) is 59.2 Å². The zero-order valence-corrected chi connectivity index (χ0v) is 14.3. The van der Waals surface area contributed by atoms with Crippen LogP contribution in [-0.2, 0) is 4.74 Å². The fourth-order valence-corrected chi connectivity index (χ4v) is 2.79. The van der Waals surface area contributed by atoms with Crippen molar-refractivity contribution >= 4 is 6.09 Å². The molecule has 5 heteroatoms. The number of hydrogen-bond acceptors (Lipinski definition) is 4. The number of carbonyl (C=O) groups is 1. The van der Waals surface area contributed by atoms with Crippen LogP contribution in [0.5, 0.6) is 0 Å². The first kappa shape index (κ1) is 16.9. The molecule has 0 unspecified atom stereocenters. The molecule has 1 saturated heterocycles. The average molecular weight is 308 g/mol. The Hall–Kier alpha value is -1.49. The summed E-state index contributed by atoms with van der Waals surface area (Å²) in [6, 6.07) is 4.16. The van der Waals surface area contributed by atoms with Crippen molar-refractivity contribution in [1.82, 2.24) is 9.80 Å². The summed E-state index contributed by atoms with van der Waals surface area (Å²) in [7, 11) is 2.10. The molecule has 2 atom stereocenters. The molecule has 1 aliphatic heterocycles. The van der Waals surface area contributed by atoms with Gasteiger partial charge in [0.1, 0.15) is 11.4 Å². The Morgan fingerprint density at radius 3 is 2.86 bits per heavy atom. The normalized spacial score (nSPS) is 20.5. The minimum atomic E-state index is -0.431. The second-order valence-electron chi connectivity index (χ2n) is 7.21. The van der Waals surface area contributed by atoms with E-state index in [2.05, 4.69) is 18.9 Å². The van der Waals surface area contributed by atoms with Crippen molar-refractivity contribution in [1.29, 1.82) is 0 Å². The monoisotopic (exact) mass is 308 g/mol. The Balaban J connectivity index is 1.82. The van der Waals surface area contributed by atoms with Gasteiger partial charge in [0, 0.05) is 19.6 Å². The van der Waals surface area contributed by atoms with Crippen molar-refractivity contribution < 1.29 is 13.9 Å². The Morgan fingerprint density at radius 1 is 1.55 bits per heavy atom. The van der Waals surface area contributed by atoms with Gasteiger partial charge in [0.05, 0.1) is 12.3 Å². The van der Waals surface area contributed by atoms with Gasteiger partial charge in [-0.15, -0.1) is 0 Å². The van der Waals surface area contributed by atoms with E-state index in [0.717, 1.165) is 31.8 Å². The van der Waals surface area contributed by atoms with Gasteiger partial charge in [-0.3, -0.25) is 4.90 Å². The van der Waals surface area contributed by atoms with Crippen LogP contribution in [0.15, 0.2) is 22.8 Å². The van der Waals surface area contributed by atoms with E-state index in [0.29, 0.717) is 5.92 Å². The lowest BCUT2D eigenvalue weighted by atomic mass is 10.1. The number of rotatable bonds is 4. The number of carbonyl (C=O) groups excluding carboxylic acids is 1. The van der Waals surface area contributed by atoms with Crippen LogP contribution in [0.3, 0.4) is 0 Å². The first-order chi connectivity index (χ1) is 10.3. The molecule has 0 aromatic carbocycles. The van der Waals surface area contributed by atoms with Crippen molar-refractivity contribution in [2.24, 2.45) is 5.92 Å². The van der Waals surface area contributed by atoms with E-state index in [-0.39, 0.29) is 12.1 Å². The lowest BCUT2D eigenvalue weighted by molar-refractivity contribution is 0.0284. The molecule has 2 rings (SSSR count). The predicted octanol–water partition coefficient (Wildman–Crippen LogP) is 3.53. The molecule has 1 aliphatic rings. The molecule has 1 aromatic rings. The molecule has 0 radical (unpaired) electrons. The molecule has 2 heterocycles. The van der Waals surface area contributed by atoms with Crippen LogP contribution in [0.4, 0.5) is 4.79 Å². The predicted molar refractivity (Wildman–Crippen MR) is 85.7 cm³/mol. The molecule has 1 amide bonds. The minimum absolute atomic E-state index is 0.197. The molecule has 1 aromatic heterocycles. The zero-order chi connectivity index (χ0) is 16.3. The Bertz CT molecular complexity index is 479. The van der Waals surface area contributed by atoms with Crippen molar-refractivity contribution in [3.63, 3.8) is 0 Å². The van der Waals surface area contributed by atoms with Crippen LogP contribution in [0.1, 0.15) is 45.9 Å². The summed E-state index contributed by atoms with van der Waals surface area (Å²) in [6.07, 6.45) is 2.53. The Kier molecular flexibility index (Phi) is 5.16. The maximum atomic E-state index is 12.1. The number of ether oxygens (including phenoxy) is 1. The summed E-state index contributed by atoms with van der Waals surface area (Å²) >= 11 is 0. The van der Waals surface area contributed by atoms with Crippen molar-refractivity contribution in [2.75, 3.05) is 26.7 Å². The van der Waals surface area contributed by atoms with E-state index in [1.54, 1.807) is 6.26 Å². The molecular weight excluding hydrogens is 280 g/mol. The fraction of sp³-hybridized carbons (Fsp3) is 0.706. The molecular formula is C17H28N2O3. The van der Waals surface area contributed by atoms with Gasteiger partial charge < -0.3 is 14.1 Å². The summed E-state index contributed by atoms with van der Waals surface area (Å²) in [4.78, 5) is 16.2. The lowest BCUT2D eigenvalue weighted by Gasteiger charge is -2.27. The topological polar surface area (TPSA) is 45.9 Å². The fourth-order valence-electron chi connectivity index (χ4n) is 2.79. The van der Waals surface area contributed by atoms with Gasteiger partial charge in [-0.1, -0.05) is 0 Å². The second kappa shape index (κ2) is 6.73. The summed E-state index contributed by atoms with van der Waals surface area (Å²) in [5.74, 6) is 1.46. The van der Waals surface area contributed by atoms with Crippen molar-refractivity contribution in [2.45, 2.75) is 45.8 Å². The summed E-state index contributed by atoms with van der Waals surface area (Å²) in [5.41, 5.74) is -0.431. The van der Waals surface area contributed by atoms with Crippen LogP contribution in [0, 0.1) is 5.92 Å². The SMILES string of the molecule is C[C@H](c1ccco1)N(C)C[C@H]1CCN(C(=O)OC(C)(C)C)C1. The number of hydrogen-bond donors (Lipinski definition) is 0. The highest BCUT2D eigenvalue weighted by Gasteiger charge is 2.31. The van der Waals surface area contributed by atoms with Gasteiger partial charge >= 0.3 is 6.09 Å². The van der Waals surface area contributed by atoms with E-state index >= 15 is 0 Å². The van der Waals surface area contributed by atoms with E-state index in [4.69, 9.17) is 9.15 Å². The van der Waals surface area contributed by atoms with Gasteiger partial charge in [-0.2, -0.15) is 0 Å². The third-order valence-corrected chi connectivity index (χ3v) is 4.10. The number of furan rings is 1. The quantitative estimate of drug-likeness (QED) is 0.853. The molecule has 0 saturated carbocycles. The standard InChI is InChI=1S/C17H28N2O3/c1-13(15-7-6-10-21-15)18(5)11-14-8-9-19(12-14)16(20)22-17(2,3)4/h6-7,10,13-14H,8-9,11-12H2,1-5H3/t13-,14-/m1/s1. The van der Waals surface area contributed by atoms with E-state index < -0.39 is 5.60 Å². The molecule has 0 spiro atoms. The summed E-state index contributed by atoms with van der Waals surface area (Å²) in [6.45, 7) is 10.3. The smallest absolute Gasteiger partial charge is 0.410 e. The first-order valence-corrected chi connectivity index (χ1v) is 7.98. The van der Waals surface area contributed by atoms with Crippen molar-refractivity contribution in [3.05, 3.63) is 24.2 Å². The molecule has 0 N–H and O–H groups in total. The van der Waals surface area contributed by atoms with Crippen LogP contribution in [-0.4, -0.2) is 48.2 Å². The molecule has 22 heavy (non-hydrogen) atoms. The van der Waals surface area contributed by atoms with Crippen LogP contribution >= 0.6 is 0 Å². The second-order valence-corrected chi connectivity index (χ2v) is 7.21. The van der Waals surface area contributed by atoms with Gasteiger partial charge in [0.15, 0.2) is 0 Å². The third-order valence-electron chi connectivity index (χ3n) is 4.10. The average Bonchev–Trinajstić information content (AvgIpc) is 3.06. The van der Waals surface area contributed by atoms with Crippen LogP contribution in [0.25, 0.3) is 0 Å². The maximum Gasteiger partial charge on any atom is 0.410 e. The van der Waals surface area contributed by atoms with Crippen molar-refractivity contribution in [3.8, 4) is 0 Å². The maximum absolute atomic E-state index is 12.1. The molecule has 0 aliphatic carbocycles. The summed E-state index contributed by atoms with van der Waals surface area (Å²) < 4.78 is 10.9. The number of nitrogens with zero attached hydrogens (tertiary/aromatic N) is 2. The van der Waals surface area contributed by atoms with Crippen LogP contribution in [0.2, 0.25) is 0 Å². The lowest BCUT2D eigenvalue weighted by Crippen LogP contribution is -2.36. The zero-order valence-electron chi connectivity index (χ0n) is 14.3. The van der Waals surface area contributed by atoms with Gasteiger partial charge in [-0.25, -0.2) is 4.79 Å².